The van der Waals surface area contributed by atoms with Crippen LogP contribution in [0.1, 0.15) is 16.1 Å². The van der Waals surface area contributed by atoms with E-state index < -0.39 is 0 Å². The molecule has 0 radical (unpaired) electrons. The molecule has 0 bridgehead atoms. The van der Waals surface area contributed by atoms with Crippen LogP contribution in [-0.2, 0) is 6.54 Å². The summed E-state index contributed by atoms with van der Waals surface area (Å²) in [6.45, 7) is 3.85. The number of rotatable bonds is 6. The minimum atomic E-state index is -0.0457. The first kappa shape index (κ1) is 23.9. The summed E-state index contributed by atoms with van der Waals surface area (Å²) >= 11 is 0. The molecule has 7 nitrogen and oxygen atoms in total. The number of fused-ring (bicyclic) bond motifs is 1. The highest BCUT2D eigenvalue weighted by Gasteiger charge is 2.26. The number of benzene rings is 3. The quantitative estimate of drug-likeness (QED) is 0.325. The molecule has 38 heavy (non-hydrogen) atoms. The van der Waals surface area contributed by atoms with Crippen molar-refractivity contribution in [1.82, 2.24) is 24.4 Å². The first-order chi connectivity index (χ1) is 18.7. The molecule has 3 aromatic carbocycles. The molecule has 2 aromatic heterocycles. The van der Waals surface area contributed by atoms with E-state index in [1.807, 2.05) is 77.7 Å². The molecule has 190 valence electrons. The van der Waals surface area contributed by atoms with E-state index in [1.54, 1.807) is 11.6 Å². The van der Waals surface area contributed by atoms with Gasteiger partial charge in [-0.1, -0.05) is 72.8 Å². The van der Waals surface area contributed by atoms with Crippen molar-refractivity contribution < 1.29 is 9.53 Å². The molecular weight excluding hydrogens is 474 g/mol. The Morgan fingerprint density at radius 3 is 2.24 bits per heavy atom. The van der Waals surface area contributed by atoms with Crippen molar-refractivity contribution in [3.8, 4) is 28.3 Å². The Bertz CT molecular complexity index is 1560. The van der Waals surface area contributed by atoms with Gasteiger partial charge in [-0.15, -0.1) is 0 Å². The molecule has 0 aliphatic carbocycles. The summed E-state index contributed by atoms with van der Waals surface area (Å²) in [7, 11) is 1.64. The van der Waals surface area contributed by atoms with Gasteiger partial charge in [0.1, 0.15) is 11.4 Å². The average Bonchev–Trinajstić information content (AvgIpc) is 3.42. The monoisotopic (exact) mass is 503 g/mol. The largest absolute Gasteiger partial charge is 0.496 e. The van der Waals surface area contributed by atoms with Crippen molar-refractivity contribution in [2.24, 2.45) is 0 Å². The van der Waals surface area contributed by atoms with E-state index in [4.69, 9.17) is 14.8 Å². The lowest BCUT2D eigenvalue weighted by atomic mass is 10.1. The molecule has 0 N–H and O–H groups in total. The fraction of sp³-hybridized carbons (Fsp3) is 0.194. The van der Waals surface area contributed by atoms with E-state index in [0.717, 1.165) is 36.5 Å². The molecule has 1 aliphatic heterocycles. The summed E-state index contributed by atoms with van der Waals surface area (Å²) in [6.07, 6.45) is 0. The topological polar surface area (TPSA) is 63.0 Å². The van der Waals surface area contributed by atoms with Crippen LogP contribution in [0.25, 0.3) is 28.2 Å². The number of ether oxygens (including phenoxy) is 1. The number of para-hydroxylation sites is 1. The molecule has 1 fully saturated rings. The van der Waals surface area contributed by atoms with E-state index in [2.05, 4.69) is 29.2 Å². The van der Waals surface area contributed by atoms with Crippen LogP contribution < -0.4 is 4.74 Å². The van der Waals surface area contributed by atoms with Gasteiger partial charge < -0.3 is 9.64 Å². The molecule has 0 saturated carbocycles. The van der Waals surface area contributed by atoms with E-state index in [1.165, 1.54) is 5.56 Å². The molecule has 1 saturated heterocycles. The Hall–Kier alpha value is -4.49. The highest BCUT2D eigenvalue weighted by Crippen LogP contribution is 2.30. The van der Waals surface area contributed by atoms with Gasteiger partial charge in [0, 0.05) is 49.9 Å². The molecule has 0 unspecified atom stereocenters. The maximum atomic E-state index is 14.0. The van der Waals surface area contributed by atoms with Crippen molar-refractivity contribution in [3.63, 3.8) is 0 Å². The first-order valence-corrected chi connectivity index (χ1v) is 12.8. The van der Waals surface area contributed by atoms with Crippen molar-refractivity contribution in [1.29, 1.82) is 0 Å². The minimum absolute atomic E-state index is 0.0457. The molecule has 1 aliphatic rings. The lowest BCUT2D eigenvalue weighted by Gasteiger charge is -2.34. The molecule has 3 heterocycles. The zero-order valence-electron chi connectivity index (χ0n) is 21.3. The van der Waals surface area contributed by atoms with Crippen LogP contribution in [0.5, 0.6) is 5.75 Å². The van der Waals surface area contributed by atoms with E-state index in [9.17, 15) is 4.79 Å². The van der Waals surface area contributed by atoms with Gasteiger partial charge in [-0.25, -0.2) is 9.50 Å². The standard InChI is InChI=1S/C31H29N5O2/c1-38-29-15-9-8-14-25(29)27-20-28(36-30(32-27)21-26(33-36)24-12-6-3-7-13-24)31(37)35-18-16-34(17-19-35)22-23-10-4-2-5-11-23/h2-15,20-21H,16-19,22H2,1H3. The van der Waals surface area contributed by atoms with Crippen LogP contribution in [0.3, 0.4) is 0 Å². The molecule has 5 aromatic rings. The summed E-state index contributed by atoms with van der Waals surface area (Å²) in [5.74, 6) is 0.663. The second kappa shape index (κ2) is 10.5. The van der Waals surface area contributed by atoms with Gasteiger partial charge in [0.2, 0.25) is 0 Å². The van der Waals surface area contributed by atoms with Crippen molar-refractivity contribution >= 4 is 11.6 Å². The average molecular weight is 504 g/mol. The first-order valence-electron chi connectivity index (χ1n) is 12.8. The predicted octanol–water partition coefficient (Wildman–Crippen LogP) is 5.03. The number of piperazine rings is 1. The summed E-state index contributed by atoms with van der Waals surface area (Å²) in [6, 6.07) is 31.9. The van der Waals surface area contributed by atoms with Gasteiger partial charge in [0.05, 0.1) is 18.5 Å². The van der Waals surface area contributed by atoms with Gasteiger partial charge in [0.15, 0.2) is 5.65 Å². The summed E-state index contributed by atoms with van der Waals surface area (Å²) in [5, 5.41) is 4.81. The lowest BCUT2D eigenvalue weighted by molar-refractivity contribution is 0.0620. The third-order valence-electron chi connectivity index (χ3n) is 7.01. The van der Waals surface area contributed by atoms with E-state index in [-0.39, 0.29) is 5.91 Å². The van der Waals surface area contributed by atoms with Crippen molar-refractivity contribution in [2.75, 3.05) is 33.3 Å². The Labute approximate surface area is 221 Å². The molecular formula is C31H29N5O2. The second-order valence-corrected chi connectivity index (χ2v) is 9.45. The molecule has 0 spiro atoms. The molecule has 1 amide bonds. The minimum Gasteiger partial charge on any atom is -0.496 e. The van der Waals surface area contributed by atoms with E-state index in [0.29, 0.717) is 35.9 Å². The lowest BCUT2D eigenvalue weighted by Crippen LogP contribution is -2.48. The number of methoxy groups -OCH3 is 1. The summed E-state index contributed by atoms with van der Waals surface area (Å²) in [5.41, 5.74) is 5.67. The van der Waals surface area contributed by atoms with Crippen LogP contribution >= 0.6 is 0 Å². The highest BCUT2D eigenvalue weighted by molar-refractivity contribution is 5.94. The van der Waals surface area contributed by atoms with Crippen molar-refractivity contribution in [3.05, 3.63) is 108 Å². The van der Waals surface area contributed by atoms with Crippen LogP contribution in [-0.4, -0.2) is 63.6 Å². The van der Waals surface area contributed by atoms with Crippen molar-refractivity contribution in [2.45, 2.75) is 6.54 Å². The Balaban J connectivity index is 1.34. The summed E-state index contributed by atoms with van der Waals surface area (Å²) < 4.78 is 7.28. The van der Waals surface area contributed by atoms with Crippen LogP contribution in [0.15, 0.2) is 97.1 Å². The van der Waals surface area contributed by atoms with Gasteiger partial charge >= 0.3 is 0 Å². The number of aromatic nitrogens is 3. The zero-order chi connectivity index (χ0) is 25.9. The third-order valence-corrected chi connectivity index (χ3v) is 7.01. The number of amides is 1. The Morgan fingerprint density at radius 2 is 1.50 bits per heavy atom. The highest BCUT2D eigenvalue weighted by atomic mass is 16.5. The number of hydrogen-bond acceptors (Lipinski definition) is 5. The normalized spacial score (nSPS) is 14.1. The molecule has 0 atom stereocenters. The molecule has 6 rings (SSSR count). The van der Waals surface area contributed by atoms with Crippen LogP contribution in [0, 0.1) is 0 Å². The van der Waals surface area contributed by atoms with E-state index >= 15 is 0 Å². The maximum absolute atomic E-state index is 14.0. The van der Waals surface area contributed by atoms with Gasteiger partial charge in [0.25, 0.3) is 5.91 Å². The Morgan fingerprint density at radius 1 is 0.816 bits per heavy atom. The fourth-order valence-corrected chi connectivity index (χ4v) is 4.98. The molecule has 7 heteroatoms. The number of carbonyl (C=O) groups is 1. The van der Waals surface area contributed by atoms with Crippen LogP contribution in [0.2, 0.25) is 0 Å². The zero-order valence-corrected chi connectivity index (χ0v) is 21.3. The van der Waals surface area contributed by atoms with Gasteiger partial charge in [-0.3, -0.25) is 9.69 Å². The van der Waals surface area contributed by atoms with Gasteiger partial charge in [-0.2, -0.15) is 5.10 Å². The number of hydrogen-bond donors (Lipinski definition) is 0. The maximum Gasteiger partial charge on any atom is 0.272 e. The SMILES string of the molecule is COc1ccccc1-c1cc(C(=O)N2CCN(Cc3ccccc3)CC2)n2nc(-c3ccccc3)cc2n1. The number of nitrogens with zero attached hydrogens (tertiary/aromatic N) is 5. The number of carbonyl (C=O) groups excluding carboxylic acids is 1. The third kappa shape index (κ3) is 4.76. The van der Waals surface area contributed by atoms with Gasteiger partial charge in [-0.05, 0) is 23.8 Å². The summed E-state index contributed by atoms with van der Waals surface area (Å²) in [4.78, 5) is 23.2. The Kier molecular flexibility index (Phi) is 6.58. The second-order valence-electron chi connectivity index (χ2n) is 9.45. The fourth-order valence-electron chi connectivity index (χ4n) is 4.98. The predicted molar refractivity (Wildman–Crippen MR) is 148 cm³/mol. The van der Waals surface area contributed by atoms with Crippen LogP contribution in [0.4, 0.5) is 0 Å². The smallest absolute Gasteiger partial charge is 0.272 e.